The van der Waals surface area contributed by atoms with E-state index < -0.39 is 6.10 Å². The first-order valence-corrected chi connectivity index (χ1v) is 9.07. The summed E-state index contributed by atoms with van der Waals surface area (Å²) in [6, 6.07) is 25.0. The van der Waals surface area contributed by atoms with Crippen molar-refractivity contribution in [3.63, 3.8) is 0 Å². The molecule has 0 aliphatic carbocycles. The minimum atomic E-state index is -0.570. The highest BCUT2D eigenvalue weighted by Crippen LogP contribution is 2.30. The molecule has 1 heteroatoms. The molecule has 25 heavy (non-hydrogen) atoms. The second-order valence-corrected chi connectivity index (χ2v) is 6.75. The SMILES string of the molecule is CCC(C/C(C)=C/[C@@H](O)c1cccc2ccccc12)c1ccccc1. The van der Waals surface area contributed by atoms with Crippen molar-refractivity contribution in [1.82, 2.24) is 0 Å². The predicted octanol–water partition coefficient (Wildman–Crippen LogP) is 6.40. The summed E-state index contributed by atoms with van der Waals surface area (Å²) in [5, 5.41) is 13.1. The third-order valence-corrected chi connectivity index (χ3v) is 4.92. The predicted molar refractivity (Wildman–Crippen MR) is 107 cm³/mol. The molecule has 1 unspecified atom stereocenters. The largest absolute Gasteiger partial charge is 0.384 e. The van der Waals surface area contributed by atoms with Gasteiger partial charge in [-0.1, -0.05) is 91.4 Å². The Morgan fingerprint density at radius 1 is 0.920 bits per heavy atom. The lowest BCUT2D eigenvalue weighted by Crippen LogP contribution is -2.00. The van der Waals surface area contributed by atoms with Crippen LogP contribution in [0.2, 0.25) is 0 Å². The zero-order valence-electron chi connectivity index (χ0n) is 15.0. The molecule has 1 nitrogen and oxygen atoms in total. The Balaban J connectivity index is 1.81. The molecule has 0 saturated carbocycles. The molecule has 0 amide bonds. The van der Waals surface area contributed by atoms with Gasteiger partial charge in [0, 0.05) is 0 Å². The van der Waals surface area contributed by atoms with Crippen LogP contribution in [0.25, 0.3) is 10.8 Å². The van der Waals surface area contributed by atoms with Crippen molar-refractivity contribution in [2.75, 3.05) is 0 Å². The number of hydrogen-bond donors (Lipinski definition) is 1. The smallest absolute Gasteiger partial charge is 0.0980 e. The van der Waals surface area contributed by atoms with Crippen LogP contribution < -0.4 is 0 Å². The summed E-state index contributed by atoms with van der Waals surface area (Å²) < 4.78 is 0. The maximum absolute atomic E-state index is 10.8. The van der Waals surface area contributed by atoms with Gasteiger partial charge in [0.2, 0.25) is 0 Å². The summed E-state index contributed by atoms with van der Waals surface area (Å²) in [4.78, 5) is 0. The van der Waals surface area contributed by atoms with Gasteiger partial charge in [-0.3, -0.25) is 0 Å². The second kappa shape index (κ2) is 8.13. The van der Waals surface area contributed by atoms with Gasteiger partial charge in [0.15, 0.2) is 0 Å². The second-order valence-electron chi connectivity index (χ2n) is 6.75. The molecule has 1 N–H and O–H groups in total. The van der Waals surface area contributed by atoms with Gasteiger partial charge in [-0.15, -0.1) is 0 Å². The fourth-order valence-corrected chi connectivity index (χ4v) is 3.55. The van der Waals surface area contributed by atoms with Gasteiger partial charge in [0.1, 0.15) is 0 Å². The average Bonchev–Trinajstić information content (AvgIpc) is 2.66. The molecule has 0 aliphatic rings. The van der Waals surface area contributed by atoms with Gasteiger partial charge in [-0.25, -0.2) is 0 Å². The lowest BCUT2D eigenvalue weighted by Gasteiger charge is -2.17. The third kappa shape index (κ3) is 4.18. The summed E-state index contributed by atoms with van der Waals surface area (Å²) >= 11 is 0. The van der Waals surface area contributed by atoms with E-state index in [0.717, 1.165) is 23.8 Å². The van der Waals surface area contributed by atoms with Crippen molar-refractivity contribution in [2.45, 2.75) is 38.7 Å². The average molecular weight is 330 g/mol. The number of rotatable bonds is 6. The van der Waals surface area contributed by atoms with E-state index in [0.29, 0.717) is 5.92 Å². The Bertz CT molecular complexity index is 843. The fourth-order valence-electron chi connectivity index (χ4n) is 3.55. The highest BCUT2D eigenvalue weighted by Gasteiger charge is 2.12. The van der Waals surface area contributed by atoms with Gasteiger partial charge in [0.05, 0.1) is 6.10 Å². The van der Waals surface area contributed by atoms with E-state index in [1.54, 1.807) is 0 Å². The summed E-state index contributed by atoms with van der Waals surface area (Å²) in [6.07, 6.45) is 3.51. The van der Waals surface area contributed by atoms with E-state index in [9.17, 15) is 5.11 Å². The number of allylic oxidation sites excluding steroid dienone is 1. The van der Waals surface area contributed by atoms with Crippen molar-refractivity contribution in [3.8, 4) is 0 Å². The number of aliphatic hydroxyl groups is 1. The molecule has 0 bridgehead atoms. The van der Waals surface area contributed by atoms with E-state index in [2.05, 4.69) is 62.4 Å². The van der Waals surface area contributed by atoms with Gasteiger partial charge >= 0.3 is 0 Å². The van der Waals surface area contributed by atoms with Crippen LogP contribution in [0.4, 0.5) is 0 Å². The molecule has 0 heterocycles. The topological polar surface area (TPSA) is 20.2 Å². The lowest BCUT2D eigenvalue weighted by molar-refractivity contribution is 0.229. The number of aliphatic hydroxyl groups excluding tert-OH is 1. The minimum absolute atomic E-state index is 0.497. The summed E-state index contributed by atoms with van der Waals surface area (Å²) in [5.74, 6) is 0.497. The maximum Gasteiger partial charge on any atom is 0.0980 e. The first-order valence-electron chi connectivity index (χ1n) is 9.07. The van der Waals surface area contributed by atoms with E-state index >= 15 is 0 Å². The molecular weight excluding hydrogens is 304 g/mol. The van der Waals surface area contributed by atoms with E-state index in [4.69, 9.17) is 0 Å². The summed E-state index contributed by atoms with van der Waals surface area (Å²) in [6.45, 7) is 4.35. The Morgan fingerprint density at radius 2 is 1.60 bits per heavy atom. The normalized spacial score (nSPS) is 14.4. The van der Waals surface area contributed by atoms with Crippen LogP contribution in [-0.2, 0) is 0 Å². The molecule has 3 rings (SSSR count). The van der Waals surface area contributed by atoms with E-state index in [1.165, 1.54) is 16.5 Å². The first-order chi connectivity index (χ1) is 12.2. The molecule has 0 aromatic heterocycles. The maximum atomic E-state index is 10.8. The van der Waals surface area contributed by atoms with Crippen LogP contribution in [0, 0.1) is 0 Å². The highest BCUT2D eigenvalue weighted by molar-refractivity contribution is 5.86. The zero-order chi connectivity index (χ0) is 17.6. The van der Waals surface area contributed by atoms with Crippen molar-refractivity contribution in [1.29, 1.82) is 0 Å². The summed E-state index contributed by atoms with van der Waals surface area (Å²) in [5.41, 5.74) is 3.58. The molecule has 2 atom stereocenters. The summed E-state index contributed by atoms with van der Waals surface area (Å²) in [7, 11) is 0. The van der Waals surface area contributed by atoms with Crippen molar-refractivity contribution >= 4 is 10.8 Å². The minimum Gasteiger partial charge on any atom is -0.384 e. The lowest BCUT2D eigenvalue weighted by atomic mass is 9.89. The van der Waals surface area contributed by atoms with Gasteiger partial charge < -0.3 is 5.11 Å². The monoisotopic (exact) mass is 330 g/mol. The highest BCUT2D eigenvalue weighted by atomic mass is 16.3. The molecule has 0 radical (unpaired) electrons. The van der Waals surface area contributed by atoms with Crippen LogP contribution in [0.15, 0.2) is 84.4 Å². The van der Waals surface area contributed by atoms with Gasteiger partial charge in [0.25, 0.3) is 0 Å². The van der Waals surface area contributed by atoms with Crippen LogP contribution in [0.3, 0.4) is 0 Å². The standard InChI is InChI=1S/C24H26O/c1-3-19(20-10-5-4-6-11-20)16-18(2)17-24(25)23-15-9-13-21-12-7-8-14-22(21)23/h4-15,17,19,24-25H,3,16H2,1-2H3/b18-17+/t19?,24-/m1/s1. The van der Waals surface area contributed by atoms with Crippen molar-refractivity contribution in [3.05, 3.63) is 95.6 Å². The molecular formula is C24H26O. The van der Waals surface area contributed by atoms with Gasteiger partial charge in [-0.05, 0) is 47.6 Å². The third-order valence-electron chi connectivity index (χ3n) is 4.92. The molecule has 0 spiro atoms. The Kier molecular flexibility index (Phi) is 5.67. The Labute approximate surface area is 150 Å². The number of benzene rings is 3. The quantitative estimate of drug-likeness (QED) is 0.518. The van der Waals surface area contributed by atoms with Crippen molar-refractivity contribution in [2.24, 2.45) is 0 Å². The molecule has 0 aliphatic heterocycles. The number of fused-ring (bicyclic) bond motifs is 1. The molecule has 3 aromatic rings. The Morgan fingerprint density at radius 3 is 2.36 bits per heavy atom. The fraction of sp³-hybridized carbons (Fsp3) is 0.250. The van der Waals surface area contributed by atoms with Crippen LogP contribution >= 0.6 is 0 Å². The van der Waals surface area contributed by atoms with Crippen molar-refractivity contribution < 1.29 is 5.11 Å². The van der Waals surface area contributed by atoms with E-state index in [-0.39, 0.29) is 0 Å². The first kappa shape index (κ1) is 17.4. The van der Waals surface area contributed by atoms with E-state index in [1.807, 2.05) is 30.3 Å². The zero-order valence-corrected chi connectivity index (χ0v) is 15.0. The Hall–Kier alpha value is -2.38. The van der Waals surface area contributed by atoms with Crippen LogP contribution in [0.1, 0.15) is 49.8 Å². The number of hydrogen-bond acceptors (Lipinski definition) is 1. The van der Waals surface area contributed by atoms with Crippen LogP contribution in [0.5, 0.6) is 0 Å². The van der Waals surface area contributed by atoms with Gasteiger partial charge in [-0.2, -0.15) is 0 Å². The molecule has 0 fully saturated rings. The van der Waals surface area contributed by atoms with Crippen LogP contribution in [-0.4, -0.2) is 5.11 Å². The molecule has 0 saturated heterocycles. The molecule has 3 aromatic carbocycles. The molecule has 128 valence electrons.